The van der Waals surface area contributed by atoms with Gasteiger partial charge in [0.05, 0.1) is 17.1 Å². The number of halogens is 1. The number of ketones is 2. The molecule has 3 nitrogen and oxygen atoms in total. The molecule has 1 aromatic carbocycles. The fourth-order valence-corrected chi connectivity index (χ4v) is 4.52. The van der Waals surface area contributed by atoms with E-state index in [2.05, 4.69) is 0 Å². The Morgan fingerprint density at radius 2 is 1.86 bits per heavy atom. The molecule has 1 aliphatic carbocycles. The highest BCUT2D eigenvalue weighted by molar-refractivity contribution is 8.40. The summed E-state index contributed by atoms with van der Waals surface area (Å²) in [5.41, 5.74) is 1.26. The van der Waals surface area contributed by atoms with Crippen molar-refractivity contribution in [2.45, 2.75) is 13.3 Å². The quantitative estimate of drug-likeness (QED) is 0.861. The molecule has 110 valence electrons. The van der Waals surface area contributed by atoms with Crippen LogP contribution in [0.1, 0.15) is 34.1 Å². The van der Waals surface area contributed by atoms with Crippen LogP contribution in [-0.2, 0) is 4.74 Å². The molecule has 0 radical (unpaired) electrons. The lowest BCUT2D eigenvalue weighted by Gasteiger charge is -2.29. The van der Waals surface area contributed by atoms with Crippen molar-refractivity contribution in [3.05, 3.63) is 57.7 Å². The smallest absolute Gasteiger partial charge is 0.200 e. The summed E-state index contributed by atoms with van der Waals surface area (Å²) in [6.07, 6.45) is 2.68. The Morgan fingerprint density at radius 1 is 1.19 bits per heavy atom. The molecule has 0 fully saturated rings. The molecule has 0 amide bonds. The van der Waals surface area contributed by atoms with E-state index in [1.54, 1.807) is 24.3 Å². The predicted octanol–water partition coefficient (Wildman–Crippen LogP) is 3.80. The van der Waals surface area contributed by atoms with Crippen LogP contribution >= 0.6 is 20.8 Å². The first-order valence-corrected chi connectivity index (χ1v) is 9.27. The Kier molecular flexibility index (Phi) is 3.91. The van der Waals surface area contributed by atoms with Crippen molar-refractivity contribution >= 4 is 32.4 Å². The molecule has 1 aliphatic heterocycles. The Balaban J connectivity index is 2.13. The second kappa shape index (κ2) is 5.70. The Bertz CT molecular complexity index is 691. The molecule has 0 saturated heterocycles. The fourth-order valence-electron chi connectivity index (χ4n) is 2.52. The normalized spacial score (nSPS) is 22.6. The zero-order valence-corrected chi connectivity index (χ0v) is 13.2. The van der Waals surface area contributed by atoms with E-state index in [0.717, 1.165) is 6.42 Å². The summed E-state index contributed by atoms with van der Waals surface area (Å²) >= 11 is 0. The number of carbonyl (C=O) groups is 2. The van der Waals surface area contributed by atoms with Crippen LogP contribution in [0.15, 0.2) is 46.6 Å². The number of hydrogen-bond donors (Lipinski definition) is 1. The molecule has 21 heavy (non-hydrogen) atoms. The molecule has 1 unspecified atom stereocenters. The van der Waals surface area contributed by atoms with E-state index in [4.69, 9.17) is 15.4 Å². The molecule has 0 bridgehead atoms. The minimum Gasteiger partial charge on any atom is -0.493 e. The number of rotatable bonds is 3. The summed E-state index contributed by atoms with van der Waals surface area (Å²) in [4.78, 5) is 25.8. The third-order valence-electron chi connectivity index (χ3n) is 3.48. The average Bonchev–Trinajstić information content (AvgIpc) is 2.51. The van der Waals surface area contributed by atoms with Crippen molar-refractivity contribution in [3.8, 4) is 0 Å². The van der Waals surface area contributed by atoms with Gasteiger partial charge in [0.2, 0.25) is 0 Å². The summed E-state index contributed by atoms with van der Waals surface area (Å²) < 4.78 is 5.67. The monoisotopic (exact) mass is 322 g/mol. The number of Topliss-reactive ketones (excluding diaryl/α,β-unsaturated/α-hetero) is 2. The zero-order valence-electron chi connectivity index (χ0n) is 11.6. The third kappa shape index (κ3) is 2.32. The number of thiol groups is 1. The van der Waals surface area contributed by atoms with Gasteiger partial charge in [-0.2, -0.15) is 0 Å². The van der Waals surface area contributed by atoms with Gasteiger partial charge in [0.25, 0.3) is 0 Å². The average molecular weight is 323 g/mol. The highest BCUT2D eigenvalue weighted by atomic mass is 35.7. The van der Waals surface area contributed by atoms with Crippen molar-refractivity contribution in [2.75, 3.05) is 12.4 Å². The van der Waals surface area contributed by atoms with Gasteiger partial charge >= 0.3 is 0 Å². The molecular formula is C16H15ClO3S. The van der Waals surface area contributed by atoms with E-state index in [9.17, 15) is 9.59 Å². The summed E-state index contributed by atoms with van der Waals surface area (Å²) in [6.45, 7) is 2.52. The van der Waals surface area contributed by atoms with E-state index in [1.807, 2.05) is 13.0 Å². The van der Waals surface area contributed by atoms with Crippen LogP contribution in [0.25, 0.3) is 0 Å². The van der Waals surface area contributed by atoms with Crippen molar-refractivity contribution in [3.63, 3.8) is 0 Å². The lowest BCUT2D eigenvalue weighted by molar-refractivity contribution is 0.0970. The lowest BCUT2D eigenvalue weighted by atomic mass is 9.88. The van der Waals surface area contributed by atoms with Crippen LogP contribution in [0.4, 0.5) is 0 Å². The molecule has 3 rings (SSSR count). The molecule has 0 spiro atoms. The van der Waals surface area contributed by atoms with Gasteiger partial charge in [-0.15, -0.1) is 10.1 Å². The van der Waals surface area contributed by atoms with Crippen LogP contribution in [0, 0.1) is 0 Å². The van der Waals surface area contributed by atoms with E-state index < -0.39 is 10.1 Å². The highest BCUT2D eigenvalue weighted by Gasteiger charge is 2.38. The second-order valence-electron chi connectivity index (χ2n) is 4.89. The minimum atomic E-state index is -1.16. The molecule has 1 atom stereocenters. The van der Waals surface area contributed by atoms with Crippen LogP contribution in [0.5, 0.6) is 0 Å². The van der Waals surface area contributed by atoms with Gasteiger partial charge in [-0.05, 0) is 12.5 Å². The molecule has 0 saturated carbocycles. The van der Waals surface area contributed by atoms with Crippen LogP contribution in [0.3, 0.4) is 0 Å². The summed E-state index contributed by atoms with van der Waals surface area (Å²) in [6, 6.07) is 6.89. The Labute approximate surface area is 130 Å². The standard InChI is InChI=1S/C16H15ClO3S/c1-2-8-20-12-7-9-21(17)16-13(12)14(18)10-5-3-4-6-11(10)15(16)19/h3-7,21H,2,8-9H2,1H3. The number of carbonyl (C=O) groups excluding carboxylic acids is 2. The maximum atomic E-state index is 12.7. The number of benzene rings is 1. The van der Waals surface area contributed by atoms with Crippen molar-refractivity contribution < 1.29 is 14.3 Å². The second-order valence-corrected chi connectivity index (χ2v) is 7.65. The molecule has 2 aliphatic rings. The summed E-state index contributed by atoms with van der Waals surface area (Å²) in [7, 11) is 5.19. The summed E-state index contributed by atoms with van der Waals surface area (Å²) in [5.74, 6) is 0.789. The first-order valence-electron chi connectivity index (χ1n) is 6.84. The van der Waals surface area contributed by atoms with Gasteiger partial charge in [0.1, 0.15) is 5.76 Å². The largest absolute Gasteiger partial charge is 0.493 e. The first-order chi connectivity index (χ1) is 10.1. The van der Waals surface area contributed by atoms with Crippen LogP contribution in [-0.4, -0.2) is 23.9 Å². The molecule has 1 aromatic rings. The van der Waals surface area contributed by atoms with E-state index in [-0.39, 0.29) is 11.6 Å². The number of hydrogen-bond acceptors (Lipinski definition) is 3. The van der Waals surface area contributed by atoms with Crippen molar-refractivity contribution in [1.82, 2.24) is 0 Å². The van der Waals surface area contributed by atoms with E-state index >= 15 is 0 Å². The van der Waals surface area contributed by atoms with Gasteiger partial charge in [-0.1, -0.05) is 41.9 Å². The third-order valence-corrected chi connectivity index (χ3v) is 5.82. The topological polar surface area (TPSA) is 43.4 Å². The first kappa shape index (κ1) is 14.4. The van der Waals surface area contributed by atoms with Gasteiger partial charge < -0.3 is 4.74 Å². The SMILES string of the molecule is CCCOC1=CC[SH](Cl)C2=C1C(=O)c1ccccc1C2=O. The number of ether oxygens (including phenoxy) is 1. The molecular weight excluding hydrogens is 308 g/mol. The molecule has 5 heteroatoms. The van der Waals surface area contributed by atoms with Crippen molar-refractivity contribution in [1.29, 1.82) is 0 Å². The number of allylic oxidation sites excluding steroid dienone is 2. The Morgan fingerprint density at radius 3 is 2.52 bits per heavy atom. The maximum absolute atomic E-state index is 12.7. The zero-order chi connectivity index (χ0) is 15.0. The predicted molar refractivity (Wildman–Crippen MR) is 86.2 cm³/mol. The maximum Gasteiger partial charge on any atom is 0.200 e. The van der Waals surface area contributed by atoms with Gasteiger partial charge in [0, 0.05) is 16.9 Å². The number of fused-ring (bicyclic) bond motifs is 1. The van der Waals surface area contributed by atoms with Gasteiger partial charge in [0.15, 0.2) is 11.6 Å². The van der Waals surface area contributed by atoms with E-state index in [0.29, 0.717) is 39.7 Å². The lowest BCUT2D eigenvalue weighted by Crippen LogP contribution is -2.25. The van der Waals surface area contributed by atoms with Gasteiger partial charge in [-0.25, -0.2) is 0 Å². The van der Waals surface area contributed by atoms with Crippen molar-refractivity contribution in [2.24, 2.45) is 0 Å². The van der Waals surface area contributed by atoms with Gasteiger partial charge in [-0.3, -0.25) is 9.59 Å². The Hall–Kier alpha value is -1.52. The van der Waals surface area contributed by atoms with E-state index in [1.165, 1.54) is 0 Å². The summed E-state index contributed by atoms with van der Waals surface area (Å²) in [5, 5.41) is 0. The molecule has 0 aromatic heterocycles. The van der Waals surface area contributed by atoms with Crippen LogP contribution in [0.2, 0.25) is 0 Å². The molecule has 1 heterocycles. The fraction of sp³-hybridized carbons (Fsp3) is 0.250. The highest BCUT2D eigenvalue weighted by Crippen LogP contribution is 2.50. The van der Waals surface area contributed by atoms with Crippen LogP contribution < -0.4 is 0 Å². The molecule has 0 N–H and O–H groups in total. The minimum absolute atomic E-state index is 0.132.